The lowest BCUT2D eigenvalue weighted by Gasteiger charge is -2.26. The summed E-state index contributed by atoms with van der Waals surface area (Å²) in [5.74, 6) is 0.243. The van der Waals surface area contributed by atoms with Gasteiger partial charge in [0.05, 0.1) is 22.9 Å². The highest BCUT2D eigenvalue weighted by molar-refractivity contribution is 6.32. The maximum absolute atomic E-state index is 13.3. The van der Waals surface area contributed by atoms with E-state index >= 15 is 0 Å². The largest absolute Gasteiger partial charge is 0.416 e. The van der Waals surface area contributed by atoms with Crippen LogP contribution >= 0.6 is 23.2 Å². The minimum Gasteiger partial charge on any atom is -0.388 e. The Balaban J connectivity index is 1.51. The average Bonchev–Trinajstić information content (AvgIpc) is 3.41. The molecule has 230 valence electrons. The smallest absolute Gasteiger partial charge is 0.388 e. The molecule has 1 unspecified atom stereocenters. The molecule has 1 aliphatic heterocycles. The Morgan fingerprint density at radius 3 is 2.53 bits per heavy atom. The molecular formula is C27H29Cl2F3N8O3. The maximum atomic E-state index is 13.3. The number of rotatable bonds is 9. The van der Waals surface area contributed by atoms with Crippen LogP contribution in [0.2, 0.25) is 10.0 Å². The van der Waals surface area contributed by atoms with Crippen LogP contribution in [0.3, 0.4) is 0 Å². The van der Waals surface area contributed by atoms with Gasteiger partial charge in [0.1, 0.15) is 6.54 Å². The Bertz CT molecular complexity index is 1610. The number of nitrogens with zero attached hydrogens (tertiary/aromatic N) is 6. The molecule has 0 aliphatic carbocycles. The van der Waals surface area contributed by atoms with E-state index < -0.39 is 30.1 Å². The molecule has 3 heterocycles. The minimum atomic E-state index is -4.95. The first kappa shape index (κ1) is 31.0. The van der Waals surface area contributed by atoms with Crippen molar-refractivity contribution >= 4 is 29.2 Å². The van der Waals surface area contributed by atoms with Crippen molar-refractivity contribution in [2.45, 2.75) is 50.2 Å². The summed E-state index contributed by atoms with van der Waals surface area (Å²) >= 11 is 12.4. The fourth-order valence-electron chi connectivity index (χ4n) is 4.79. The highest BCUT2D eigenvalue weighted by Crippen LogP contribution is 2.26. The highest BCUT2D eigenvalue weighted by atomic mass is 35.5. The van der Waals surface area contributed by atoms with Crippen LogP contribution in [0.5, 0.6) is 0 Å². The number of halogens is 5. The van der Waals surface area contributed by atoms with Crippen molar-refractivity contribution in [3.63, 3.8) is 0 Å². The third kappa shape index (κ3) is 7.21. The van der Waals surface area contributed by atoms with E-state index in [-0.39, 0.29) is 30.7 Å². The predicted octanol–water partition coefficient (Wildman–Crippen LogP) is 3.49. The monoisotopic (exact) mass is 640 g/mol. The number of nitrogens with one attached hydrogen (secondary N) is 2. The van der Waals surface area contributed by atoms with Crippen molar-refractivity contribution < 1.29 is 23.4 Å². The molecule has 0 amide bonds. The third-order valence-electron chi connectivity index (χ3n) is 7.12. The Labute approximate surface area is 253 Å². The second kappa shape index (κ2) is 12.7. The van der Waals surface area contributed by atoms with Crippen LogP contribution < -0.4 is 16.3 Å². The van der Waals surface area contributed by atoms with Crippen molar-refractivity contribution in [2.24, 2.45) is 0 Å². The van der Waals surface area contributed by atoms with Gasteiger partial charge in [-0.05, 0) is 68.8 Å². The van der Waals surface area contributed by atoms with Gasteiger partial charge in [-0.3, -0.25) is 4.57 Å². The summed E-state index contributed by atoms with van der Waals surface area (Å²) in [7, 11) is 0. The molecule has 1 aliphatic rings. The normalized spacial score (nSPS) is 18.4. The Hall–Kier alpha value is -3.43. The number of alkyl halides is 3. The predicted molar refractivity (Wildman–Crippen MR) is 155 cm³/mol. The van der Waals surface area contributed by atoms with Gasteiger partial charge in [-0.1, -0.05) is 35.3 Å². The number of para-hydroxylation sites is 1. The maximum Gasteiger partial charge on any atom is 0.416 e. The molecule has 2 aromatic carbocycles. The average molecular weight is 641 g/mol. The Morgan fingerprint density at radius 2 is 1.81 bits per heavy atom. The molecule has 0 radical (unpaired) electrons. The van der Waals surface area contributed by atoms with Gasteiger partial charge in [0.2, 0.25) is 5.95 Å². The Kier molecular flexibility index (Phi) is 9.13. The zero-order valence-corrected chi connectivity index (χ0v) is 24.2. The van der Waals surface area contributed by atoms with E-state index in [9.17, 15) is 28.2 Å². The summed E-state index contributed by atoms with van der Waals surface area (Å²) < 4.78 is 42.8. The van der Waals surface area contributed by atoms with Gasteiger partial charge in [-0.15, -0.1) is 10.2 Å². The van der Waals surface area contributed by atoms with Gasteiger partial charge in [-0.2, -0.15) is 22.8 Å². The van der Waals surface area contributed by atoms with Crippen molar-refractivity contribution in [1.29, 1.82) is 0 Å². The first-order chi connectivity index (χ1) is 20.4. The molecule has 0 saturated carbocycles. The molecule has 0 spiro atoms. The van der Waals surface area contributed by atoms with Crippen LogP contribution in [0.1, 0.15) is 25.1 Å². The van der Waals surface area contributed by atoms with Crippen molar-refractivity contribution in [2.75, 3.05) is 25.0 Å². The SMILES string of the molecule is O=c1n(Cc2nc(NCC3(O)CCCNCC3)n(-c3ccccc3Cl)n2)nc(-c2ccc(Cl)cc2)n1C[C@H](O)C(F)(F)F. The van der Waals surface area contributed by atoms with Crippen LogP contribution in [0.25, 0.3) is 17.1 Å². The van der Waals surface area contributed by atoms with E-state index in [0.29, 0.717) is 40.7 Å². The van der Waals surface area contributed by atoms with Gasteiger partial charge >= 0.3 is 11.9 Å². The van der Waals surface area contributed by atoms with Gasteiger partial charge < -0.3 is 20.8 Å². The molecule has 11 nitrogen and oxygen atoms in total. The number of hydrogen-bond acceptors (Lipinski definition) is 8. The lowest BCUT2D eigenvalue weighted by molar-refractivity contribution is -0.207. The first-order valence-electron chi connectivity index (χ1n) is 13.5. The molecule has 43 heavy (non-hydrogen) atoms. The Morgan fingerprint density at radius 1 is 1.07 bits per heavy atom. The van der Waals surface area contributed by atoms with E-state index in [0.717, 1.165) is 22.2 Å². The second-order valence-corrected chi connectivity index (χ2v) is 11.2. The van der Waals surface area contributed by atoms with Crippen LogP contribution in [0.4, 0.5) is 19.1 Å². The van der Waals surface area contributed by atoms with Gasteiger partial charge in [0.15, 0.2) is 17.8 Å². The molecule has 5 rings (SSSR count). The first-order valence-corrected chi connectivity index (χ1v) is 14.3. The molecule has 16 heteroatoms. The van der Waals surface area contributed by atoms with Crippen LogP contribution in [0.15, 0.2) is 53.3 Å². The molecule has 4 aromatic rings. The quantitative estimate of drug-likeness (QED) is 0.218. The van der Waals surface area contributed by atoms with Crippen molar-refractivity contribution in [3.05, 3.63) is 74.9 Å². The summed E-state index contributed by atoms with van der Waals surface area (Å²) in [6.45, 7) is 0.256. The number of anilines is 1. The zero-order chi connectivity index (χ0) is 30.8. The second-order valence-electron chi connectivity index (χ2n) is 10.3. The van der Waals surface area contributed by atoms with Crippen molar-refractivity contribution in [3.8, 4) is 17.1 Å². The summed E-state index contributed by atoms with van der Waals surface area (Å²) in [6.07, 6.45) is -5.86. The van der Waals surface area contributed by atoms with Crippen LogP contribution in [-0.2, 0) is 13.1 Å². The molecule has 1 fully saturated rings. The lowest BCUT2D eigenvalue weighted by Crippen LogP contribution is -2.38. The summed E-state index contributed by atoms with van der Waals surface area (Å²) in [5, 5.41) is 36.9. The molecule has 0 bridgehead atoms. The molecule has 1 saturated heterocycles. The van der Waals surface area contributed by atoms with Crippen LogP contribution in [-0.4, -0.2) is 76.8 Å². The van der Waals surface area contributed by atoms with Gasteiger partial charge in [0.25, 0.3) is 0 Å². The molecule has 4 N–H and O–H groups in total. The van der Waals surface area contributed by atoms with Gasteiger partial charge in [-0.25, -0.2) is 9.48 Å². The molecular weight excluding hydrogens is 612 g/mol. The van der Waals surface area contributed by atoms with E-state index in [1.807, 2.05) is 0 Å². The fourth-order valence-corrected chi connectivity index (χ4v) is 5.13. The summed E-state index contributed by atoms with van der Waals surface area (Å²) in [6, 6.07) is 12.9. The third-order valence-corrected chi connectivity index (χ3v) is 7.69. The van der Waals surface area contributed by atoms with E-state index in [1.165, 1.54) is 28.9 Å². The van der Waals surface area contributed by atoms with Crippen LogP contribution in [0, 0.1) is 0 Å². The van der Waals surface area contributed by atoms with E-state index in [4.69, 9.17) is 23.2 Å². The standard InChI is InChI=1S/C27H29Cl2F3N8O3/c28-18-8-6-17(7-9-18)23-37-39(25(42)38(23)14-21(41)27(30,31)32)15-22-35-24(34-16-26(43)10-3-12-33-13-11-26)40(36-22)20-5-2-1-4-19(20)29/h1-2,4-9,21,33,41,43H,3,10-16H2,(H,34,35,36)/t21-,26?/m0/s1. The molecule has 2 atom stereocenters. The number of hydrogen-bond donors (Lipinski definition) is 4. The van der Waals surface area contributed by atoms with E-state index in [2.05, 4.69) is 25.8 Å². The lowest BCUT2D eigenvalue weighted by atomic mass is 9.95. The minimum absolute atomic E-state index is 0.0990. The topological polar surface area (TPSA) is 135 Å². The highest BCUT2D eigenvalue weighted by Gasteiger charge is 2.39. The number of benzene rings is 2. The number of aliphatic hydroxyl groups excluding tert-OH is 1. The van der Waals surface area contributed by atoms with Crippen molar-refractivity contribution in [1.82, 2.24) is 34.4 Å². The van der Waals surface area contributed by atoms with Gasteiger partial charge in [0, 0.05) is 17.1 Å². The molecule has 2 aromatic heterocycles. The number of aromatic nitrogens is 6. The summed E-state index contributed by atoms with van der Waals surface area (Å²) in [4.78, 5) is 17.9. The number of aliphatic hydroxyl groups is 2. The fraction of sp³-hybridized carbons (Fsp3) is 0.407. The summed E-state index contributed by atoms with van der Waals surface area (Å²) in [5.41, 5.74) is -1.11. The zero-order valence-electron chi connectivity index (χ0n) is 22.7. The van der Waals surface area contributed by atoms with E-state index in [1.54, 1.807) is 24.3 Å².